The first-order valence-corrected chi connectivity index (χ1v) is 20.1. The number of amides is 3. The zero-order valence-corrected chi connectivity index (χ0v) is 32.1. The van der Waals surface area contributed by atoms with E-state index in [4.69, 9.17) is 4.74 Å². The second-order valence-corrected chi connectivity index (χ2v) is 16.3. The Morgan fingerprint density at radius 1 is 0.825 bits per heavy atom. The highest BCUT2D eigenvalue weighted by Crippen LogP contribution is 2.48. The number of halogens is 2. The second-order valence-electron chi connectivity index (χ2n) is 16.3. The molecular weight excluding hydrogens is 729 g/mol. The monoisotopic (exact) mass is 775 g/mol. The van der Waals surface area contributed by atoms with Crippen LogP contribution in [0.15, 0.2) is 72.8 Å². The average molecular weight is 776 g/mol. The third-order valence-electron chi connectivity index (χ3n) is 12.8. The third kappa shape index (κ3) is 7.20. The van der Waals surface area contributed by atoms with Gasteiger partial charge in [0.15, 0.2) is 0 Å². The zero-order valence-electron chi connectivity index (χ0n) is 32.1. The van der Waals surface area contributed by atoms with Gasteiger partial charge in [-0.2, -0.15) is 0 Å². The fourth-order valence-electron chi connectivity index (χ4n) is 9.77. The molecule has 5 heterocycles. The fourth-order valence-corrected chi connectivity index (χ4v) is 9.77. The number of piperidine rings is 2. The van der Waals surface area contributed by atoms with Crippen LogP contribution in [0, 0.1) is 24.5 Å². The molecule has 3 saturated heterocycles. The maximum Gasteiger partial charge on any atom is 0.255 e. The highest BCUT2D eigenvalue weighted by atomic mass is 19.1. The Morgan fingerprint density at radius 2 is 1.61 bits per heavy atom. The molecule has 0 bridgehead atoms. The van der Waals surface area contributed by atoms with Crippen LogP contribution in [0.1, 0.15) is 75.7 Å². The van der Waals surface area contributed by atoms with Crippen molar-refractivity contribution in [2.75, 3.05) is 62.2 Å². The van der Waals surface area contributed by atoms with Crippen LogP contribution in [0.25, 0.3) is 0 Å². The van der Waals surface area contributed by atoms with Crippen molar-refractivity contribution in [3.8, 4) is 11.5 Å². The van der Waals surface area contributed by atoms with Gasteiger partial charge in [-0.1, -0.05) is 18.2 Å². The number of piperazine rings is 1. The largest absolute Gasteiger partial charge is 0.508 e. The summed E-state index contributed by atoms with van der Waals surface area (Å²) in [6, 6.07) is 20.7. The lowest BCUT2D eigenvalue weighted by atomic mass is 9.74. The molecule has 0 aromatic heterocycles. The Morgan fingerprint density at radius 3 is 2.37 bits per heavy atom. The molecule has 0 aliphatic carbocycles. The first kappa shape index (κ1) is 37.1. The molecule has 4 aromatic rings. The lowest BCUT2D eigenvalue weighted by Crippen LogP contribution is -2.52. The number of carbonyl (C=O) groups excluding carboxylic acids is 3. The van der Waals surface area contributed by atoms with Gasteiger partial charge < -0.3 is 24.5 Å². The average Bonchev–Trinajstić information content (AvgIpc) is 3.53. The molecule has 0 radical (unpaired) electrons. The van der Waals surface area contributed by atoms with E-state index in [0.717, 1.165) is 92.2 Å². The molecule has 3 atom stereocenters. The van der Waals surface area contributed by atoms with E-state index in [1.807, 2.05) is 37.3 Å². The maximum absolute atomic E-state index is 16.1. The van der Waals surface area contributed by atoms with Crippen molar-refractivity contribution in [2.24, 2.45) is 5.92 Å². The Kier molecular flexibility index (Phi) is 9.84. The molecule has 5 aliphatic heterocycles. The van der Waals surface area contributed by atoms with Crippen LogP contribution in [-0.2, 0) is 16.1 Å². The van der Waals surface area contributed by atoms with E-state index in [-0.39, 0.29) is 47.5 Å². The Bertz CT molecular complexity index is 2230. The highest BCUT2D eigenvalue weighted by Gasteiger charge is 2.40. The van der Waals surface area contributed by atoms with E-state index in [0.29, 0.717) is 42.5 Å². The summed E-state index contributed by atoms with van der Waals surface area (Å²) in [6.07, 6.45) is 2.55. The van der Waals surface area contributed by atoms with Crippen LogP contribution in [-0.4, -0.2) is 91.1 Å². The van der Waals surface area contributed by atoms with E-state index in [1.165, 1.54) is 12.1 Å². The molecular formula is C45H47F2N5O5. The van der Waals surface area contributed by atoms with Crippen molar-refractivity contribution < 1.29 is 33.0 Å². The standard InChI is InChI=1S/C45H47F2N5O5/c1-27-20-31(46)3-6-34(27)37-26-57-41-23-33(53)5-8-36(41)43(37)29-2-9-39(38(47)22-29)51-14-12-28(13-15-51)24-49-16-18-50(19-17-49)32-4-7-35-30(21-32)25-52(45(35)56)40-10-11-42(54)48-44(40)55/h2-9,20-23,28,37,40,43,53H,10-19,24-26H2,1H3,(H,48,54,55)/t37-,40-,43-/m0/s1. The number of ether oxygens (including phenoxy) is 1. The zero-order chi connectivity index (χ0) is 39.4. The third-order valence-corrected chi connectivity index (χ3v) is 12.8. The quantitative estimate of drug-likeness (QED) is 0.218. The predicted octanol–water partition coefficient (Wildman–Crippen LogP) is 6.09. The summed E-state index contributed by atoms with van der Waals surface area (Å²) in [6.45, 7) is 8.76. The molecule has 0 spiro atoms. The van der Waals surface area contributed by atoms with Gasteiger partial charge in [-0.25, -0.2) is 8.78 Å². The molecule has 0 saturated carbocycles. The number of aryl methyl sites for hydroxylation is 1. The van der Waals surface area contributed by atoms with E-state index in [2.05, 4.69) is 26.1 Å². The van der Waals surface area contributed by atoms with Gasteiger partial charge in [-0.3, -0.25) is 24.6 Å². The molecule has 4 aromatic carbocycles. The minimum atomic E-state index is -0.618. The number of anilines is 2. The summed E-state index contributed by atoms with van der Waals surface area (Å²) in [4.78, 5) is 45.9. The van der Waals surface area contributed by atoms with Crippen molar-refractivity contribution in [3.05, 3.63) is 118 Å². The van der Waals surface area contributed by atoms with E-state index < -0.39 is 11.9 Å². The van der Waals surface area contributed by atoms with Crippen LogP contribution in [0.3, 0.4) is 0 Å². The number of nitrogens with zero attached hydrogens (tertiary/aromatic N) is 4. The van der Waals surface area contributed by atoms with E-state index in [9.17, 15) is 23.9 Å². The van der Waals surface area contributed by atoms with E-state index in [1.54, 1.807) is 29.2 Å². The number of nitrogens with one attached hydrogen (secondary N) is 1. The number of fused-ring (bicyclic) bond motifs is 2. The van der Waals surface area contributed by atoms with Gasteiger partial charge in [0.05, 0.1) is 12.3 Å². The molecule has 12 heteroatoms. The molecule has 2 N–H and O–H groups in total. The number of rotatable bonds is 7. The fraction of sp³-hybridized carbons (Fsp3) is 0.400. The molecule has 57 heavy (non-hydrogen) atoms. The summed E-state index contributed by atoms with van der Waals surface area (Å²) >= 11 is 0. The number of phenolic OH excluding ortho intramolecular Hbond substituents is 1. The normalized spacial score (nSPS) is 23.0. The molecule has 296 valence electrons. The number of hydrogen-bond acceptors (Lipinski definition) is 8. The first-order valence-electron chi connectivity index (χ1n) is 20.1. The smallest absolute Gasteiger partial charge is 0.255 e. The minimum absolute atomic E-state index is 0.105. The van der Waals surface area contributed by atoms with Crippen molar-refractivity contribution in [3.63, 3.8) is 0 Å². The lowest BCUT2D eigenvalue weighted by Gasteiger charge is -2.40. The Balaban J connectivity index is 0.805. The van der Waals surface area contributed by atoms with E-state index >= 15 is 4.39 Å². The summed E-state index contributed by atoms with van der Waals surface area (Å²) in [5.41, 5.74) is 6.68. The molecule has 3 amide bonds. The number of carbonyl (C=O) groups is 3. The van der Waals surface area contributed by atoms with Crippen LogP contribution in [0.4, 0.5) is 20.2 Å². The summed E-state index contributed by atoms with van der Waals surface area (Å²) < 4.78 is 36.3. The molecule has 3 fully saturated rings. The van der Waals surface area contributed by atoms with Gasteiger partial charge in [0, 0.05) is 93.5 Å². The summed E-state index contributed by atoms with van der Waals surface area (Å²) in [5, 5.41) is 12.5. The van der Waals surface area contributed by atoms with Crippen LogP contribution >= 0.6 is 0 Å². The van der Waals surface area contributed by atoms with Gasteiger partial charge >= 0.3 is 0 Å². The second kappa shape index (κ2) is 15.1. The Hall–Kier alpha value is -5.49. The van der Waals surface area contributed by atoms with Crippen LogP contribution in [0.2, 0.25) is 0 Å². The van der Waals surface area contributed by atoms with Gasteiger partial charge in [-0.05, 0) is 103 Å². The maximum atomic E-state index is 16.1. The first-order chi connectivity index (χ1) is 27.6. The van der Waals surface area contributed by atoms with Gasteiger partial charge in [-0.15, -0.1) is 0 Å². The van der Waals surface area contributed by atoms with Crippen LogP contribution < -0.4 is 19.9 Å². The lowest BCUT2D eigenvalue weighted by molar-refractivity contribution is -0.136. The molecule has 0 unspecified atom stereocenters. The number of imide groups is 1. The SMILES string of the molecule is Cc1cc(F)ccc1[C@@H]1COc2cc(O)ccc2[C@@H]1c1ccc(N2CCC(CN3CCN(c4ccc5c(c4)CN([C@H]4CCC(=O)NC4=O)C5=O)CC3)CC2)c(F)c1. The number of hydrogen-bond donors (Lipinski definition) is 2. The van der Waals surface area contributed by atoms with Gasteiger partial charge in [0.1, 0.15) is 29.2 Å². The minimum Gasteiger partial charge on any atom is -0.508 e. The van der Waals surface area contributed by atoms with Gasteiger partial charge in [0.2, 0.25) is 11.8 Å². The number of benzene rings is 4. The topological polar surface area (TPSA) is 106 Å². The van der Waals surface area contributed by atoms with Crippen molar-refractivity contribution >= 4 is 29.1 Å². The summed E-state index contributed by atoms with van der Waals surface area (Å²) in [5.74, 6) is -0.607. The van der Waals surface area contributed by atoms with Crippen molar-refractivity contribution in [1.29, 1.82) is 0 Å². The van der Waals surface area contributed by atoms with Crippen molar-refractivity contribution in [1.82, 2.24) is 15.1 Å². The Labute approximate surface area is 331 Å². The van der Waals surface area contributed by atoms with Gasteiger partial charge in [0.25, 0.3) is 5.91 Å². The van der Waals surface area contributed by atoms with Crippen LogP contribution in [0.5, 0.6) is 11.5 Å². The molecule has 9 rings (SSSR count). The highest BCUT2D eigenvalue weighted by molar-refractivity contribution is 6.05. The predicted molar refractivity (Wildman–Crippen MR) is 212 cm³/mol. The molecule has 5 aliphatic rings. The number of aromatic hydroxyl groups is 1. The van der Waals surface area contributed by atoms with Crippen molar-refractivity contribution in [2.45, 2.75) is 57.0 Å². The molecule has 10 nitrogen and oxygen atoms in total. The number of phenols is 1. The summed E-state index contributed by atoms with van der Waals surface area (Å²) in [7, 11) is 0.